The molecular formula is C18H28ClN3O2S. The van der Waals surface area contributed by atoms with Gasteiger partial charge in [0.2, 0.25) is 11.8 Å². The molecule has 2 amide bonds. The minimum Gasteiger partial charge on any atom is -0.344 e. The summed E-state index contributed by atoms with van der Waals surface area (Å²) >= 11 is 1.68. The maximum atomic E-state index is 12.8. The van der Waals surface area contributed by atoms with E-state index in [1.165, 1.54) is 0 Å². The topological polar surface area (TPSA) is 75.4 Å². The van der Waals surface area contributed by atoms with Crippen LogP contribution in [0.5, 0.6) is 0 Å². The molecule has 1 aliphatic rings. The summed E-state index contributed by atoms with van der Waals surface area (Å²) in [6, 6.07) is 9.15. The zero-order valence-corrected chi connectivity index (χ0v) is 16.3. The van der Waals surface area contributed by atoms with E-state index in [1.54, 1.807) is 11.8 Å². The number of carbonyl (C=O) groups excluding carboxylic acids is 2. The number of carbonyl (C=O) groups is 2. The third-order valence-corrected chi connectivity index (χ3v) is 5.03. The smallest absolute Gasteiger partial charge is 0.245 e. The number of amides is 2. The molecule has 0 bridgehead atoms. The van der Waals surface area contributed by atoms with Gasteiger partial charge < -0.3 is 16.0 Å². The van der Waals surface area contributed by atoms with Crippen LogP contribution in [0, 0.1) is 5.92 Å². The normalized spacial score (nSPS) is 17.7. The molecule has 1 aromatic rings. The molecule has 0 radical (unpaired) electrons. The fourth-order valence-corrected chi connectivity index (χ4v) is 3.44. The number of nitrogens with zero attached hydrogens (tertiary/aromatic N) is 1. The van der Waals surface area contributed by atoms with E-state index in [4.69, 9.17) is 5.73 Å². The number of hydrogen-bond donors (Lipinski definition) is 2. The van der Waals surface area contributed by atoms with Crippen LogP contribution >= 0.6 is 24.2 Å². The molecule has 140 valence electrons. The number of halogens is 1. The number of benzene rings is 1. The van der Waals surface area contributed by atoms with Gasteiger partial charge in [0.25, 0.3) is 0 Å². The Balaban J connectivity index is 0.00000312. The van der Waals surface area contributed by atoms with Crippen molar-refractivity contribution in [2.45, 2.75) is 25.3 Å². The first kappa shape index (κ1) is 21.8. The van der Waals surface area contributed by atoms with Crippen molar-refractivity contribution < 1.29 is 9.59 Å². The lowest BCUT2D eigenvalue weighted by Gasteiger charge is -2.24. The van der Waals surface area contributed by atoms with Gasteiger partial charge in [0.15, 0.2) is 0 Å². The summed E-state index contributed by atoms with van der Waals surface area (Å²) in [5, 5.41) is 2.94. The van der Waals surface area contributed by atoms with E-state index in [0.717, 1.165) is 24.3 Å². The standard InChI is InChI=1S/C18H27N3O2S.ClH/c1-24-10-8-16(18(23)21-9-7-15(12-19)13-21)20-17(22)11-14-5-3-2-4-6-14;/h2-6,15-16H,7-13,19H2,1H3,(H,20,22);1H. The first-order valence-electron chi connectivity index (χ1n) is 8.45. The Bertz CT molecular complexity index is 544. The Morgan fingerprint density at radius 3 is 2.68 bits per heavy atom. The lowest BCUT2D eigenvalue weighted by molar-refractivity contribution is -0.135. The molecule has 0 aliphatic carbocycles. The van der Waals surface area contributed by atoms with Crippen LogP contribution in [0.15, 0.2) is 30.3 Å². The van der Waals surface area contributed by atoms with Crippen LogP contribution in [0.25, 0.3) is 0 Å². The molecule has 2 rings (SSSR count). The number of rotatable bonds is 8. The van der Waals surface area contributed by atoms with Gasteiger partial charge in [-0.25, -0.2) is 0 Å². The highest BCUT2D eigenvalue weighted by Crippen LogP contribution is 2.17. The third kappa shape index (κ3) is 6.88. The summed E-state index contributed by atoms with van der Waals surface area (Å²) in [5.74, 6) is 1.16. The number of nitrogens with two attached hydrogens (primary N) is 1. The predicted molar refractivity (Wildman–Crippen MR) is 106 cm³/mol. The molecule has 7 heteroatoms. The average Bonchev–Trinajstić information content (AvgIpc) is 3.08. The molecule has 25 heavy (non-hydrogen) atoms. The van der Waals surface area contributed by atoms with Gasteiger partial charge in [-0.2, -0.15) is 11.8 Å². The second-order valence-corrected chi connectivity index (χ2v) is 7.22. The molecular weight excluding hydrogens is 358 g/mol. The minimum atomic E-state index is -0.440. The Labute approximate surface area is 160 Å². The zero-order valence-electron chi connectivity index (χ0n) is 14.6. The van der Waals surface area contributed by atoms with E-state index in [0.29, 0.717) is 31.8 Å². The Morgan fingerprint density at radius 2 is 2.08 bits per heavy atom. The number of hydrogen-bond acceptors (Lipinski definition) is 4. The third-order valence-electron chi connectivity index (χ3n) is 4.38. The van der Waals surface area contributed by atoms with Crippen LogP contribution in [0.3, 0.4) is 0 Å². The van der Waals surface area contributed by atoms with Crippen molar-refractivity contribution in [2.24, 2.45) is 11.7 Å². The second kappa shape index (κ2) is 11.4. The van der Waals surface area contributed by atoms with E-state index >= 15 is 0 Å². The summed E-state index contributed by atoms with van der Waals surface area (Å²) in [5.41, 5.74) is 6.66. The van der Waals surface area contributed by atoms with Gasteiger partial charge in [0.05, 0.1) is 6.42 Å². The molecule has 0 spiro atoms. The van der Waals surface area contributed by atoms with Crippen LogP contribution in [-0.4, -0.2) is 54.4 Å². The fraction of sp³-hybridized carbons (Fsp3) is 0.556. The van der Waals surface area contributed by atoms with Crippen molar-refractivity contribution >= 4 is 36.0 Å². The van der Waals surface area contributed by atoms with Gasteiger partial charge >= 0.3 is 0 Å². The van der Waals surface area contributed by atoms with Gasteiger partial charge in [-0.3, -0.25) is 9.59 Å². The molecule has 1 heterocycles. The Kier molecular flexibility index (Phi) is 9.93. The molecule has 0 saturated carbocycles. The molecule has 5 nitrogen and oxygen atoms in total. The van der Waals surface area contributed by atoms with Crippen LogP contribution in [0.1, 0.15) is 18.4 Å². The van der Waals surface area contributed by atoms with Gasteiger partial charge in [-0.05, 0) is 42.9 Å². The van der Waals surface area contributed by atoms with Crippen LogP contribution in [0.4, 0.5) is 0 Å². The van der Waals surface area contributed by atoms with Gasteiger partial charge in [-0.15, -0.1) is 12.4 Å². The van der Waals surface area contributed by atoms with Crippen molar-refractivity contribution in [3.63, 3.8) is 0 Å². The van der Waals surface area contributed by atoms with Crippen molar-refractivity contribution in [1.29, 1.82) is 0 Å². The van der Waals surface area contributed by atoms with E-state index in [9.17, 15) is 9.59 Å². The zero-order chi connectivity index (χ0) is 17.4. The molecule has 2 atom stereocenters. The molecule has 2 unspecified atom stereocenters. The highest BCUT2D eigenvalue weighted by atomic mass is 35.5. The highest BCUT2D eigenvalue weighted by Gasteiger charge is 2.30. The van der Waals surface area contributed by atoms with Gasteiger partial charge in [0.1, 0.15) is 6.04 Å². The lowest BCUT2D eigenvalue weighted by Crippen LogP contribution is -2.48. The van der Waals surface area contributed by atoms with Crippen LogP contribution in [0.2, 0.25) is 0 Å². The number of thioether (sulfide) groups is 1. The fourth-order valence-electron chi connectivity index (χ4n) is 2.97. The maximum absolute atomic E-state index is 12.8. The van der Waals surface area contributed by atoms with Crippen molar-refractivity contribution in [3.05, 3.63) is 35.9 Å². The van der Waals surface area contributed by atoms with Crippen LogP contribution < -0.4 is 11.1 Å². The number of nitrogens with one attached hydrogen (secondary N) is 1. The summed E-state index contributed by atoms with van der Waals surface area (Å²) in [4.78, 5) is 26.9. The van der Waals surface area contributed by atoms with Crippen molar-refractivity contribution in [3.8, 4) is 0 Å². The molecule has 1 fully saturated rings. The van der Waals surface area contributed by atoms with Gasteiger partial charge in [-0.1, -0.05) is 30.3 Å². The van der Waals surface area contributed by atoms with Crippen molar-refractivity contribution in [2.75, 3.05) is 31.6 Å². The molecule has 1 saturated heterocycles. The molecule has 1 aliphatic heterocycles. The van der Waals surface area contributed by atoms with E-state index < -0.39 is 6.04 Å². The average molecular weight is 386 g/mol. The first-order valence-corrected chi connectivity index (χ1v) is 9.84. The highest BCUT2D eigenvalue weighted by molar-refractivity contribution is 7.98. The maximum Gasteiger partial charge on any atom is 0.245 e. The lowest BCUT2D eigenvalue weighted by atomic mass is 10.1. The quantitative estimate of drug-likeness (QED) is 0.714. The van der Waals surface area contributed by atoms with E-state index in [1.807, 2.05) is 41.5 Å². The summed E-state index contributed by atoms with van der Waals surface area (Å²) < 4.78 is 0. The Morgan fingerprint density at radius 1 is 1.36 bits per heavy atom. The number of likely N-dealkylation sites (tertiary alicyclic amines) is 1. The van der Waals surface area contributed by atoms with Gasteiger partial charge in [0, 0.05) is 13.1 Å². The predicted octanol–water partition coefficient (Wildman–Crippen LogP) is 1.70. The summed E-state index contributed by atoms with van der Waals surface area (Å²) in [7, 11) is 0. The second-order valence-electron chi connectivity index (χ2n) is 6.24. The largest absolute Gasteiger partial charge is 0.344 e. The molecule has 3 N–H and O–H groups in total. The monoisotopic (exact) mass is 385 g/mol. The molecule has 1 aromatic carbocycles. The van der Waals surface area contributed by atoms with E-state index in [-0.39, 0.29) is 24.2 Å². The Hall–Kier alpha value is -1.24. The van der Waals surface area contributed by atoms with Crippen molar-refractivity contribution in [1.82, 2.24) is 10.2 Å². The van der Waals surface area contributed by atoms with E-state index in [2.05, 4.69) is 5.32 Å². The van der Waals surface area contributed by atoms with Crippen LogP contribution in [-0.2, 0) is 16.0 Å². The SMILES string of the molecule is CSCCC(NC(=O)Cc1ccccc1)C(=O)N1CCC(CN)C1.Cl. The summed E-state index contributed by atoms with van der Waals surface area (Å²) in [6.07, 6.45) is 3.92. The summed E-state index contributed by atoms with van der Waals surface area (Å²) in [6.45, 7) is 2.06. The molecule has 0 aromatic heterocycles. The minimum absolute atomic E-state index is 0. The first-order chi connectivity index (χ1) is 11.6.